The molecule has 0 aromatic rings. The second-order valence-corrected chi connectivity index (χ2v) is 5.35. The Labute approximate surface area is 117 Å². The summed E-state index contributed by atoms with van der Waals surface area (Å²) in [6, 6.07) is 0.498. The van der Waals surface area contributed by atoms with Crippen molar-refractivity contribution in [2.75, 3.05) is 32.8 Å². The van der Waals surface area contributed by atoms with Crippen molar-refractivity contribution in [1.82, 2.24) is 10.2 Å². The second-order valence-electron chi connectivity index (χ2n) is 5.35. The molecular weight excluding hydrogens is 240 g/mol. The molecule has 112 valence electrons. The predicted octanol–water partition coefficient (Wildman–Crippen LogP) is 2.18. The van der Waals surface area contributed by atoms with E-state index in [0.29, 0.717) is 19.1 Å². The maximum Gasteiger partial charge on any atom is 0.224 e. The fourth-order valence-corrected chi connectivity index (χ4v) is 2.41. The molecule has 0 bridgehead atoms. The molecule has 0 aliphatic carbocycles. The minimum Gasteiger partial charge on any atom is -0.381 e. The third-order valence-electron chi connectivity index (χ3n) is 3.55. The van der Waals surface area contributed by atoms with Crippen LogP contribution in [0.1, 0.15) is 52.4 Å². The standard InChI is InChI=1S/C15H30N2O2/c1-3-5-10-17(13-14-7-6-9-16-14)15(18)8-12-19-11-4-2/h14,16H,3-13H2,1-2H3. The highest BCUT2D eigenvalue weighted by molar-refractivity contribution is 5.76. The van der Waals surface area contributed by atoms with Crippen LogP contribution in [0.15, 0.2) is 0 Å². The van der Waals surface area contributed by atoms with Crippen molar-refractivity contribution in [3.8, 4) is 0 Å². The van der Waals surface area contributed by atoms with Crippen molar-refractivity contribution < 1.29 is 9.53 Å². The largest absolute Gasteiger partial charge is 0.381 e. The van der Waals surface area contributed by atoms with Crippen LogP contribution in [0.4, 0.5) is 0 Å². The molecule has 1 fully saturated rings. The number of nitrogens with zero attached hydrogens (tertiary/aromatic N) is 1. The van der Waals surface area contributed by atoms with Crippen LogP contribution < -0.4 is 5.32 Å². The van der Waals surface area contributed by atoms with Crippen molar-refractivity contribution in [2.24, 2.45) is 0 Å². The number of carbonyl (C=O) groups is 1. The van der Waals surface area contributed by atoms with Crippen LogP contribution in [-0.2, 0) is 9.53 Å². The number of hydrogen-bond acceptors (Lipinski definition) is 3. The molecule has 1 unspecified atom stereocenters. The van der Waals surface area contributed by atoms with Crippen LogP contribution in [0.25, 0.3) is 0 Å². The Morgan fingerprint density at radius 1 is 1.32 bits per heavy atom. The second kappa shape index (κ2) is 10.2. The van der Waals surface area contributed by atoms with E-state index in [9.17, 15) is 4.79 Å². The quantitative estimate of drug-likeness (QED) is 0.619. The summed E-state index contributed by atoms with van der Waals surface area (Å²) in [5.74, 6) is 0.248. The van der Waals surface area contributed by atoms with E-state index >= 15 is 0 Å². The van der Waals surface area contributed by atoms with Crippen molar-refractivity contribution in [2.45, 2.75) is 58.4 Å². The Morgan fingerprint density at radius 3 is 2.79 bits per heavy atom. The Bertz CT molecular complexity index is 240. The first-order valence-electron chi connectivity index (χ1n) is 7.86. The van der Waals surface area contributed by atoms with E-state index in [1.54, 1.807) is 0 Å². The lowest BCUT2D eigenvalue weighted by molar-refractivity contribution is -0.132. The molecule has 1 amide bonds. The van der Waals surface area contributed by atoms with Crippen LogP contribution in [0.5, 0.6) is 0 Å². The van der Waals surface area contributed by atoms with Gasteiger partial charge >= 0.3 is 0 Å². The Balaban J connectivity index is 2.30. The topological polar surface area (TPSA) is 41.6 Å². The van der Waals surface area contributed by atoms with Gasteiger partial charge in [0.2, 0.25) is 5.91 Å². The van der Waals surface area contributed by atoms with Crippen LogP contribution >= 0.6 is 0 Å². The summed E-state index contributed by atoms with van der Waals surface area (Å²) in [7, 11) is 0. The van der Waals surface area contributed by atoms with E-state index in [1.165, 1.54) is 12.8 Å². The lowest BCUT2D eigenvalue weighted by Crippen LogP contribution is -2.41. The minimum atomic E-state index is 0.248. The molecule has 1 saturated heterocycles. The SMILES string of the molecule is CCCCN(CC1CCCN1)C(=O)CCOCCC. The summed E-state index contributed by atoms with van der Waals surface area (Å²) in [6.45, 7) is 8.43. The van der Waals surface area contributed by atoms with Crippen molar-refractivity contribution in [3.63, 3.8) is 0 Å². The van der Waals surface area contributed by atoms with Gasteiger partial charge in [0.05, 0.1) is 13.0 Å². The van der Waals surface area contributed by atoms with Gasteiger partial charge in [-0.1, -0.05) is 20.3 Å². The maximum absolute atomic E-state index is 12.2. The summed E-state index contributed by atoms with van der Waals surface area (Å²) in [5.41, 5.74) is 0. The molecule has 4 nitrogen and oxygen atoms in total. The van der Waals surface area contributed by atoms with E-state index in [0.717, 1.165) is 45.5 Å². The number of ether oxygens (including phenoxy) is 1. The van der Waals surface area contributed by atoms with Gasteiger partial charge in [-0.25, -0.2) is 0 Å². The van der Waals surface area contributed by atoms with Gasteiger partial charge in [-0.15, -0.1) is 0 Å². The summed E-state index contributed by atoms with van der Waals surface area (Å²) in [6.07, 6.45) is 6.20. The normalized spacial score (nSPS) is 18.7. The van der Waals surface area contributed by atoms with Gasteiger partial charge in [-0.2, -0.15) is 0 Å². The number of carbonyl (C=O) groups excluding carboxylic acids is 1. The highest BCUT2D eigenvalue weighted by atomic mass is 16.5. The Kier molecular flexibility index (Phi) is 8.84. The third kappa shape index (κ3) is 6.92. The molecule has 0 saturated carbocycles. The van der Waals surface area contributed by atoms with E-state index in [-0.39, 0.29) is 5.91 Å². The fourth-order valence-electron chi connectivity index (χ4n) is 2.41. The van der Waals surface area contributed by atoms with Crippen molar-refractivity contribution >= 4 is 5.91 Å². The van der Waals surface area contributed by atoms with Crippen LogP contribution in [-0.4, -0.2) is 49.7 Å². The molecule has 1 atom stereocenters. The van der Waals surface area contributed by atoms with Gasteiger partial charge in [-0.3, -0.25) is 4.79 Å². The van der Waals surface area contributed by atoms with E-state index in [2.05, 4.69) is 19.2 Å². The van der Waals surface area contributed by atoms with Crippen molar-refractivity contribution in [1.29, 1.82) is 0 Å². The van der Waals surface area contributed by atoms with Gasteiger partial charge in [0.1, 0.15) is 0 Å². The Morgan fingerprint density at radius 2 is 2.16 bits per heavy atom. The van der Waals surface area contributed by atoms with Gasteiger partial charge < -0.3 is 15.0 Å². The molecule has 19 heavy (non-hydrogen) atoms. The highest BCUT2D eigenvalue weighted by Crippen LogP contribution is 2.09. The minimum absolute atomic E-state index is 0.248. The lowest BCUT2D eigenvalue weighted by Gasteiger charge is -2.26. The molecule has 0 radical (unpaired) electrons. The van der Waals surface area contributed by atoms with Gasteiger partial charge in [0.15, 0.2) is 0 Å². The fraction of sp³-hybridized carbons (Fsp3) is 0.933. The van der Waals surface area contributed by atoms with Crippen molar-refractivity contribution in [3.05, 3.63) is 0 Å². The molecule has 0 aromatic heterocycles. The van der Waals surface area contributed by atoms with Gasteiger partial charge in [0.25, 0.3) is 0 Å². The van der Waals surface area contributed by atoms with Crippen LogP contribution in [0, 0.1) is 0 Å². The monoisotopic (exact) mass is 270 g/mol. The smallest absolute Gasteiger partial charge is 0.224 e. The summed E-state index contributed by atoms with van der Waals surface area (Å²) in [5, 5.41) is 3.47. The molecule has 0 spiro atoms. The first-order chi connectivity index (χ1) is 9.27. The molecule has 1 rings (SSSR count). The zero-order chi connectivity index (χ0) is 13.9. The molecule has 0 aromatic carbocycles. The first-order valence-corrected chi connectivity index (χ1v) is 7.86. The van der Waals surface area contributed by atoms with Crippen LogP contribution in [0.2, 0.25) is 0 Å². The van der Waals surface area contributed by atoms with E-state index in [4.69, 9.17) is 4.74 Å². The van der Waals surface area contributed by atoms with Gasteiger partial charge in [0, 0.05) is 25.7 Å². The number of nitrogens with one attached hydrogen (secondary N) is 1. The number of hydrogen-bond donors (Lipinski definition) is 1. The molecule has 4 heteroatoms. The highest BCUT2D eigenvalue weighted by Gasteiger charge is 2.20. The summed E-state index contributed by atoms with van der Waals surface area (Å²) in [4.78, 5) is 14.2. The predicted molar refractivity (Wildman–Crippen MR) is 78.2 cm³/mol. The number of rotatable bonds is 10. The maximum atomic E-state index is 12.2. The zero-order valence-corrected chi connectivity index (χ0v) is 12.6. The van der Waals surface area contributed by atoms with Crippen LogP contribution in [0.3, 0.4) is 0 Å². The Hall–Kier alpha value is -0.610. The summed E-state index contributed by atoms with van der Waals surface area (Å²) < 4.78 is 5.41. The molecule has 1 aliphatic heterocycles. The number of amides is 1. The lowest BCUT2D eigenvalue weighted by atomic mass is 10.2. The first kappa shape index (κ1) is 16.4. The average molecular weight is 270 g/mol. The van der Waals surface area contributed by atoms with E-state index in [1.807, 2.05) is 4.90 Å². The average Bonchev–Trinajstić information content (AvgIpc) is 2.92. The van der Waals surface area contributed by atoms with E-state index < -0.39 is 0 Å². The molecule has 1 N–H and O–H groups in total. The summed E-state index contributed by atoms with van der Waals surface area (Å²) >= 11 is 0. The molecular formula is C15H30N2O2. The zero-order valence-electron chi connectivity index (χ0n) is 12.6. The van der Waals surface area contributed by atoms with Gasteiger partial charge in [-0.05, 0) is 32.2 Å². The number of unbranched alkanes of at least 4 members (excludes halogenated alkanes) is 1. The third-order valence-corrected chi connectivity index (χ3v) is 3.55. The molecule has 1 heterocycles. The molecule has 1 aliphatic rings.